The van der Waals surface area contributed by atoms with Gasteiger partial charge in [0.05, 0.1) is 12.5 Å². The molecule has 0 saturated heterocycles. The van der Waals surface area contributed by atoms with Gasteiger partial charge in [0.1, 0.15) is 6.10 Å². The summed E-state index contributed by atoms with van der Waals surface area (Å²) in [6.07, 6.45) is 14.0. The summed E-state index contributed by atoms with van der Waals surface area (Å²) in [6, 6.07) is 8.87. The topological polar surface area (TPSA) is 35.5 Å². The molecule has 0 spiro atoms. The van der Waals surface area contributed by atoms with E-state index < -0.39 is 0 Å². The van der Waals surface area contributed by atoms with Gasteiger partial charge in [-0.05, 0) is 87.7 Å². The van der Waals surface area contributed by atoms with Crippen molar-refractivity contribution < 1.29 is 14.3 Å². The zero-order valence-corrected chi connectivity index (χ0v) is 18.3. The molecule has 2 aliphatic rings. The lowest BCUT2D eigenvalue weighted by molar-refractivity contribution is -0.157. The van der Waals surface area contributed by atoms with Gasteiger partial charge in [-0.25, -0.2) is 0 Å². The quantitative estimate of drug-likeness (QED) is 0.282. The first-order valence-electron chi connectivity index (χ1n) is 11.7. The molecule has 0 amide bonds. The van der Waals surface area contributed by atoms with Crippen molar-refractivity contribution in [3.63, 3.8) is 0 Å². The molecule has 1 aromatic rings. The predicted molar refractivity (Wildman–Crippen MR) is 118 cm³/mol. The van der Waals surface area contributed by atoms with E-state index in [0.717, 1.165) is 64.4 Å². The molecule has 1 aromatic carbocycles. The molecule has 0 heterocycles. The molecular formula is C26H38O3. The molecule has 0 atom stereocenters. The fourth-order valence-electron chi connectivity index (χ4n) is 4.81. The van der Waals surface area contributed by atoms with Gasteiger partial charge in [0, 0.05) is 6.61 Å². The van der Waals surface area contributed by atoms with E-state index in [-0.39, 0.29) is 18.0 Å². The Kier molecular flexibility index (Phi) is 8.79. The Labute approximate surface area is 176 Å². The summed E-state index contributed by atoms with van der Waals surface area (Å²) in [4.78, 5) is 12.6. The summed E-state index contributed by atoms with van der Waals surface area (Å²) >= 11 is 0. The van der Waals surface area contributed by atoms with Crippen molar-refractivity contribution in [2.45, 2.75) is 90.3 Å². The second kappa shape index (κ2) is 11.5. The van der Waals surface area contributed by atoms with Crippen LogP contribution in [0.15, 0.2) is 36.4 Å². The molecule has 160 valence electrons. The number of esters is 1. The molecule has 2 fully saturated rings. The lowest BCUT2D eigenvalue weighted by atomic mass is 9.78. The molecule has 0 aromatic heterocycles. The van der Waals surface area contributed by atoms with Gasteiger partial charge >= 0.3 is 5.97 Å². The molecule has 3 heteroatoms. The van der Waals surface area contributed by atoms with Crippen molar-refractivity contribution in [3.8, 4) is 0 Å². The highest BCUT2D eigenvalue weighted by atomic mass is 16.5. The summed E-state index contributed by atoms with van der Waals surface area (Å²) in [5.41, 5.74) is 2.64. The van der Waals surface area contributed by atoms with Crippen molar-refractivity contribution in [1.29, 1.82) is 0 Å². The maximum atomic E-state index is 12.6. The average molecular weight is 399 g/mol. The van der Waals surface area contributed by atoms with E-state index in [4.69, 9.17) is 9.47 Å². The predicted octanol–water partition coefficient (Wildman–Crippen LogP) is 6.57. The highest BCUT2D eigenvalue weighted by molar-refractivity contribution is 5.72. The number of rotatable bonds is 8. The molecule has 0 N–H and O–H groups in total. The second-order valence-electron chi connectivity index (χ2n) is 8.84. The van der Waals surface area contributed by atoms with Gasteiger partial charge in [-0.3, -0.25) is 4.79 Å². The van der Waals surface area contributed by atoms with Crippen LogP contribution < -0.4 is 0 Å². The highest BCUT2D eigenvalue weighted by Crippen LogP contribution is 2.37. The standard InChI is InChI=1S/C26H38O3/c1-3-5-20-8-16-25(17-9-20)29-26(27)24-14-12-23(13-15-24)22-10-6-21(7-11-22)19-28-18-4-2/h3,5-7,10-11,20,23-25H,4,8-9,12-19H2,1-2H3/b5-3+. The van der Waals surface area contributed by atoms with E-state index in [2.05, 4.69) is 50.3 Å². The first kappa shape index (κ1) is 22.1. The number of carbonyl (C=O) groups excluding carboxylic acids is 1. The molecule has 3 rings (SSSR count). The van der Waals surface area contributed by atoms with Crippen LogP contribution in [-0.4, -0.2) is 18.7 Å². The molecule has 2 saturated carbocycles. The average Bonchev–Trinajstić information content (AvgIpc) is 2.76. The van der Waals surface area contributed by atoms with E-state index in [1.807, 2.05) is 0 Å². The third kappa shape index (κ3) is 6.70. The van der Waals surface area contributed by atoms with E-state index in [1.165, 1.54) is 11.1 Å². The monoisotopic (exact) mass is 398 g/mol. The maximum absolute atomic E-state index is 12.6. The lowest BCUT2D eigenvalue weighted by Crippen LogP contribution is -2.29. The number of allylic oxidation sites excluding steroid dienone is 2. The molecule has 2 aliphatic carbocycles. The van der Waals surface area contributed by atoms with Crippen molar-refractivity contribution in [3.05, 3.63) is 47.5 Å². The SMILES string of the molecule is C/C=C/C1CCC(OC(=O)C2CCC(c3ccc(COCCC)cc3)CC2)CC1. The van der Waals surface area contributed by atoms with Crippen molar-refractivity contribution in [1.82, 2.24) is 0 Å². The van der Waals surface area contributed by atoms with Crippen LogP contribution in [0.25, 0.3) is 0 Å². The fourth-order valence-corrected chi connectivity index (χ4v) is 4.81. The Bertz CT molecular complexity index is 632. The number of benzene rings is 1. The van der Waals surface area contributed by atoms with Crippen LogP contribution in [0.4, 0.5) is 0 Å². The van der Waals surface area contributed by atoms with Gasteiger partial charge < -0.3 is 9.47 Å². The molecule has 0 bridgehead atoms. The van der Waals surface area contributed by atoms with Crippen LogP contribution in [0.3, 0.4) is 0 Å². The molecule has 3 nitrogen and oxygen atoms in total. The van der Waals surface area contributed by atoms with Crippen molar-refractivity contribution >= 4 is 5.97 Å². The summed E-state index contributed by atoms with van der Waals surface area (Å²) in [5, 5.41) is 0. The Morgan fingerprint density at radius 3 is 2.31 bits per heavy atom. The van der Waals surface area contributed by atoms with E-state index in [9.17, 15) is 4.79 Å². The molecule has 0 radical (unpaired) electrons. The highest BCUT2D eigenvalue weighted by Gasteiger charge is 2.30. The molecule has 0 unspecified atom stereocenters. The normalized spacial score (nSPS) is 27.8. The lowest BCUT2D eigenvalue weighted by Gasteiger charge is -2.31. The largest absolute Gasteiger partial charge is 0.462 e. The van der Waals surface area contributed by atoms with Crippen LogP contribution >= 0.6 is 0 Å². The summed E-state index contributed by atoms with van der Waals surface area (Å²) in [5.74, 6) is 1.40. The van der Waals surface area contributed by atoms with Crippen LogP contribution in [-0.2, 0) is 20.9 Å². The van der Waals surface area contributed by atoms with Gasteiger partial charge in [0.15, 0.2) is 0 Å². The van der Waals surface area contributed by atoms with E-state index >= 15 is 0 Å². The number of carbonyl (C=O) groups is 1. The van der Waals surface area contributed by atoms with E-state index in [1.54, 1.807) is 0 Å². The Morgan fingerprint density at radius 2 is 1.69 bits per heavy atom. The maximum Gasteiger partial charge on any atom is 0.309 e. The summed E-state index contributed by atoms with van der Waals surface area (Å²) in [7, 11) is 0. The van der Waals surface area contributed by atoms with Gasteiger partial charge in [-0.2, -0.15) is 0 Å². The third-order valence-electron chi connectivity index (χ3n) is 6.60. The smallest absolute Gasteiger partial charge is 0.309 e. The van der Waals surface area contributed by atoms with Gasteiger partial charge in [0.25, 0.3) is 0 Å². The Balaban J connectivity index is 1.40. The minimum Gasteiger partial charge on any atom is -0.462 e. The second-order valence-corrected chi connectivity index (χ2v) is 8.84. The molecular weight excluding hydrogens is 360 g/mol. The van der Waals surface area contributed by atoms with Crippen molar-refractivity contribution in [2.75, 3.05) is 6.61 Å². The summed E-state index contributed by atoms with van der Waals surface area (Å²) < 4.78 is 11.5. The molecule has 0 aliphatic heterocycles. The van der Waals surface area contributed by atoms with E-state index in [0.29, 0.717) is 18.4 Å². The number of hydrogen-bond donors (Lipinski definition) is 0. The van der Waals surface area contributed by atoms with Crippen LogP contribution in [0.1, 0.15) is 88.7 Å². The zero-order chi connectivity index (χ0) is 20.5. The minimum atomic E-state index is 0.0568. The fraction of sp³-hybridized carbons (Fsp3) is 0.654. The first-order chi connectivity index (χ1) is 14.2. The van der Waals surface area contributed by atoms with Gasteiger partial charge in [0.2, 0.25) is 0 Å². The zero-order valence-electron chi connectivity index (χ0n) is 18.3. The Morgan fingerprint density at radius 1 is 1.00 bits per heavy atom. The third-order valence-corrected chi connectivity index (χ3v) is 6.60. The molecule has 29 heavy (non-hydrogen) atoms. The minimum absolute atomic E-state index is 0.0568. The van der Waals surface area contributed by atoms with Crippen LogP contribution in [0.2, 0.25) is 0 Å². The Hall–Kier alpha value is -1.61. The van der Waals surface area contributed by atoms with Gasteiger partial charge in [-0.15, -0.1) is 0 Å². The van der Waals surface area contributed by atoms with Gasteiger partial charge in [-0.1, -0.05) is 43.3 Å². The first-order valence-corrected chi connectivity index (χ1v) is 11.7. The van der Waals surface area contributed by atoms with Crippen LogP contribution in [0, 0.1) is 11.8 Å². The summed E-state index contributed by atoms with van der Waals surface area (Å²) in [6.45, 7) is 5.73. The number of hydrogen-bond acceptors (Lipinski definition) is 3. The van der Waals surface area contributed by atoms with Crippen LogP contribution in [0.5, 0.6) is 0 Å². The number of ether oxygens (including phenoxy) is 2. The van der Waals surface area contributed by atoms with Crippen molar-refractivity contribution in [2.24, 2.45) is 11.8 Å².